The van der Waals surface area contributed by atoms with Gasteiger partial charge in [0.15, 0.2) is 5.40 Å². The molecule has 0 amide bonds. The summed E-state index contributed by atoms with van der Waals surface area (Å²) in [5, 5.41) is 9.04. The molecular weight excluding hydrogens is 362 g/mol. The molecule has 0 spiro atoms. The standard InChI is InChI=1S/C13H16O7P2S/c1-23-11-6-8(7-12(21(15,16)17)22(18,19)20)9-4-2-3-5-10(9)13(11)14/h2-6,12,14H,7H2,1H3,(H2,15,16,17)(H2,18,19,20). The molecule has 0 saturated heterocycles. The van der Waals surface area contributed by atoms with Crippen LogP contribution >= 0.6 is 27.0 Å². The quantitative estimate of drug-likeness (QED) is 0.396. The van der Waals surface area contributed by atoms with E-state index >= 15 is 0 Å². The van der Waals surface area contributed by atoms with Crippen LogP contribution in [0.2, 0.25) is 0 Å². The van der Waals surface area contributed by atoms with Gasteiger partial charge in [-0.25, -0.2) is 0 Å². The molecule has 2 aromatic carbocycles. The Morgan fingerprint density at radius 1 is 1.04 bits per heavy atom. The van der Waals surface area contributed by atoms with Crippen LogP contribution in [-0.4, -0.2) is 36.3 Å². The maximum absolute atomic E-state index is 11.5. The van der Waals surface area contributed by atoms with Crippen molar-refractivity contribution in [3.63, 3.8) is 0 Å². The molecule has 23 heavy (non-hydrogen) atoms. The highest BCUT2D eigenvalue weighted by atomic mass is 32.2. The lowest BCUT2D eigenvalue weighted by Gasteiger charge is -2.21. The van der Waals surface area contributed by atoms with Gasteiger partial charge in [-0.3, -0.25) is 9.13 Å². The van der Waals surface area contributed by atoms with Crippen molar-refractivity contribution in [2.45, 2.75) is 16.7 Å². The van der Waals surface area contributed by atoms with Crippen LogP contribution in [0, 0.1) is 0 Å². The Hall–Kier alpha value is -0.850. The van der Waals surface area contributed by atoms with Crippen molar-refractivity contribution in [3.05, 3.63) is 35.9 Å². The lowest BCUT2D eigenvalue weighted by molar-refractivity contribution is 0.338. The number of rotatable bonds is 5. The van der Waals surface area contributed by atoms with E-state index in [1.165, 1.54) is 17.8 Å². The molecule has 0 atom stereocenters. The van der Waals surface area contributed by atoms with Crippen molar-refractivity contribution in [1.29, 1.82) is 0 Å². The number of fused-ring (bicyclic) bond motifs is 1. The van der Waals surface area contributed by atoms with Crippen LogP contribution in [0.15, 0.2) is 35.2 Å². The topological polar surface area (TPSA) is 135 Å². The van der Waals surface area contributed by atoms with Crippen molar-refractivity contribution in [1.82, 2.24) is 0 Å². The molecule has 0 aliphatic carbocycles. The van der Waals surface area contributed by atoms with E-state index in [0.717, 1.165) is 0 Å². The van der Waals surface area contributed by atoms with Crippen molar-refractivity contribution in [2.75, 3.05) is 6.26 Å². The first kappa shape index (κ1) is 18.5. The van der Waals surface area contributed by atoms with E-state index in [9.17, 15) is 33.8 Å². The summed E-state index contributed by atoms with van der Waals surface area (Å²) in [5.74, 6) is 0.0285. The zero-order valence-electron chi connectivity index (χ0n) is 12.0. The molecule has 126 valence electrons. The highest BCUT2D eigenvalue weighted by Crippen LogP contribution is 2.61. The molecule has 0 unspecified atom stereocenters. The average molecular weight is 378 g/mol. The maximum atomic E-state index is 11.5. The van der Waals surface area contributed by atoms with E-state index in [4.69, 9.17) is 0 Å². The summed E-state index contributed by atoms with van der Waals surface area (Å²) in [6, 6.07) is 8.14. The predicted molar refractivity (Wildman–Crippen MR) is 89.0 cm³/mol. The molecule has 0 saturated carbocycles. The molecule has 10 heteroatoms. The minimum absolute atomic E-state index is 0.0285. The Labute approximate surface area is 136 Å². The van der Waals surface area contributed by atoms with Gasteiger partial charge in [-0.15, -0.1) is 11.8 Å². The molecule has 0 aliphatic heterocycles. The Bertz CT molecular complexity index is 804. The second kappa shape index (κ2) is 6.57. The first-order valence-electron chi connectivity index (χ1n) is 6.43. The van der Waals surface area contributed by atoms with Crippen molar-refractivity contribution < 1.29 is 33.8 Å². The zero-order valence-corrected chi connectivity index (χ0v) is 14.6. The van der Waals surface area contributed by atoms with Crippen LogP contribution in [-0.2, 0) is 15.6 Å². The Balaban J connectivity index is 2.66. The number of aromatic hydroxyl groups is 1. The molecule has 0 heterocycles. The molecule has 0 fully saturated rings. The van der Waals surface area contributed by atoms with E-state index in [1.54, 1.807) is 30.5 Å². The van der Waals surface area contributed by atoms with Crippen molar-refractivity contribution in [2.24, 2.45) is 0 Å². The van der Waals surface area contributed by atoms with E-state index in [0.29, 0.717) is 21.2 Å². The number of thioether (sulfide) groups is 1. The third-order valence-electron chi connectivity index (χ3n) is 3.47. The highest BCUT2D eigenvalue weighted by Gasteiger charge is 2.43. The Morgan fingerprint density at radius 3 is 2.04 bits per heavy atom. The normalized spacial score (nSPS) is 13.0. The predicted octanol–water partition coefficient (Wildman–Crippen LogP) is 2.49. The van der Waals surface area contributed by atoms with Crippen LogP contribution < -0.4 is 0 Å². The Morgan fingerprint density at radius 2 is 1.57 bits per heavy atom. The van der Waals surface area contributed by atoms with Crippen LogP contribution in [0.3, 0.4) is 0 Å². The first-order valence-corrected chi connectivity index (χ1v) is 11.0. The van der Waals surface area contributed by atoms with Gasteiger partial charge in [-0.1, -0.05) is 24.3 Å². The summed E-state index contributed by atoms with van der Waals surface area (Å²) >= 11 is 1.23. The van der Waals surface area contributed by atoms with Crippen LogP contribution in [0.4, 0.5) is 0 Å². The Kier molecular flexibility index (Phi) is 5.28. The summed E-state index contributed by atoms with van der Waals surface area (Å²) in [6.45, 7) is 0. The first-order chi connectivity index (χ1) is 10.6. The monoisotopic (exact) mass is 378 g/mol. The minimum Gasteiger partial charge on any atom is -0.506 e. The zero-order chi connectivity index (χ0) is 17.4. The van der Waals surface area contributed by atoms with Gasteiger partial charge in [0.1, 0.15) is 5.75 Å². The van der Waals surface area contributed by atoms with Crippen LogP contribution in [0.5, 0.6) is 5.75 Å². The minimum atomic E-state index is -5.01. The second-order valence-corrected chi connectivity index (χ2v) is 9.85. The molecule has 2 aromatic rings. The van der Waals surface area contributed by atoms with Gasteiger partial charge in [0, 0.05) is 10.3 Å². The molecule has 2 rings (SSSR count). The molecule has 0 radical (unpaired) electrons. The molecule has 0 aromatic heterocycles. The summed E-state index contributed by atoms with van der Waals surface area (Å²) in [6.07, 6.45) is 1.22. The van der Waals surface area contributed by atoms with Gasteiger partial charge in [0.05, 0.1) is 0 Å². The average Bonchev–Trinajstić information content (AvgIpc) is 2.44. The molecular formula is C13H16O7P2S. The molecule has 5 N–H and O–H groups in total. The van der Waals surface area contributed by atoms with Gasteiger partial charge in [-0.2, -0.15) is 0 Å². The highest BCUT2D eigenvalue weighted by molar-refractivity contribution is 7.98. The fourth-order valence-corrected chi connectivity index (χ4v) is 5.36. The number of hydrogen-bond donors (Lipinski definition) is 5. The van der Waals surface area contributed by atoms with Gasteiger partial charge in [-0.05, 0) is 29.7 Å². The van der Waals surface area contributed by atoms with Crippen LogP contribution in [0.25, 0.3) is 10.8 Å². The summed E-state index contributed by atoms with van der Waals surface area (Å²) in [5.41, 5.74) is 0.361. The number of phenolic OH excluding ortho intramolecular Hbond substituents is 1. The maximum Gasteiger partial charge on any atom is 0.341 e. The van der Waals surface area contributed by atoms with Crippen molar-refractivity contribution in [3.8, 4) is 5.75 Å². The molecule has 0 aliphatic rings. The lowest BCUT2D eigenvalue weighted by atomic mass is 10.0. The van der Waals surface area contributed by atoms with E-state index in [2.05, 4.69) is 0 Å². The largest absolute Gasteiger partial charge is 0.506 e. The number of phenols is 1. The van der Waals surface area contributed by atoms with Crippen molar-refractivity contribution >= 4 is 37.7 Å². The van der Waals surface area contributed by atoms with E-state index in [-0.39, 0.29) is 5.75 Å². The fourth-order valence-electron chi connectivity index (χ4n) is 2.36. The van der Waals surface area contributed by atoms with Crippen LogP contribution in [0.1, 0.15) is 5.56 Å². The molecule has 7 nitrogen and oxygen atoms in total. The summed E-state index contributed by atoms with van der Waals surface area (Å²) < 4.78 is 23.0. The van der Waals surface area contributed by atoms with Gasteiger partial charge in [0.2, 0.25) is 0 Å². The smallest absolute Gasteiger partial charge is 0.341 e. The number of hydrogen-bond acceptors (Lipinski definition) is 4. The third-order valence-corrected chi connectivity index (χ3v) is 7.94. The lowest BCUT2D eigenvalue weighted by Crippen LogP contribution is -2.13. The second-order valence-electron chi connectivity index (χ2n) is 5.00. The van der Waals surface area contributed by atoms with Gasteiger partial charge < -0.3 is 24.7 Å². The van der Waals surface area contributed by atoms with Gasteiger partial charge in [0.25, 0.3) is 0 Å². The SMILES string of the molecule is CSc1cc(CC(P(=O)(O)O)P(=O)(O)O)c2ccccc2c1O. The summed E-state index contributed by atoms with van der Waals surface area (Å²) in [4.78, 5) is 37.6. The van der Waals surface area contributed by atoms with Gasteiger partial charge >= 0.3 is 15.2 Å². The third kappa shape index (κ3) is 3.98. The molecule has 0 bridgehead atoms. The summed E-state index contributed by atoms with van der Waals surface area (Å²) in [7, 11) is -10.0. The number of benzene rings is 2. The van der Waals surface area contributed by atoms with E-state index in [1.807, 2.05) is 0 Å². The van der Waals surface area contributed by atoms with E-state index < -0.39 is 27.0 Å². The fraction of sp³-hybridized carbons (Fsp3) is 0.231.